The molecule has 0 aromatic heterocycles. The lowest BCUT2D eigenvalue weighted by atomic mass is 10.2. The SMILES string of the molecule is CS(=O)(=O)N1CCCC1CNC(=O)CCCOc1ccccc1. The zero-order valence-corrected chi connectivity index (χ0v) is 14.2. The lowest BCUT2D eigenvalue weighted by molar-refractivity contribution is -0.121. The Morgan fingerprint density at radius 1 is 1.35 bits per heavy atom. The van der Waals surface area contributed by atoms with Crippen LogP contribution in [-0.4, -0.2) is 50.6 Å². The highest BCUT2D eigenvalue weighted by Crippen LogP contribution is 2.19. The first-order valence-corrected chi connectivity index (χ1v) is 9.73. The number of nitrogens with one attached hydrogen (secondary N) is 1. The lowest BCUT2D eigenvalue weighted by Gasteiger charge is -2.22. The molecule has 2 rings (SSSR count). The molecule has 23 heavy (non-hydrogen) atoms. The van der Waals surface area contributed by atoms with E-state index in [0.29, 0.717) is 32.5 Å². The van der Waals surface area contributed by atoms with E-state index in [1.54, 1.807) is 0 Å². The number of sulfonamides is 1. The molecular formula is C16H24N2O4S. The van der Waals surface area contributed by atoms with Crippen LogP contribution in [0.1, 0.15) is 25.7 Å². The van der Waals surface area contributed by atoms with Gasteiger partial charge in [0.2, 0.25) is 15.9 Å². The van der Waals surface area contributed by atoms with E-state index in [0.717, 1.165) is 18.6 Å². The van der Waals surface area contributed by atoms with Gasteiger partial charge in [0.1, 0.15) is 5.75 Å². The quantitative estimate of drug-likeness (QED) is 0.726. The van der Waals surface area contributed by atoms with E-state index in [1.807, 2.05) is 30.3 Å². The van der Waals surface area contributed by atoms with E-state index >= 15 is 0 Å². The highest BCUT2D eigenvalue weighted by molar-refractivity contribution is 7.88. The van der Waals surface area contributed by atoms with Gasteiger partial charge in [0.15, 0.2) is 0 Å². The number of hydrogen-bond acceptors (Lipinski definition) is 4. The van der Waals surface area contributed by atoms with Gasteiger partial charge < -0.3 is 10.1 Å². The molecule has 1 amide bonds. The van der Waals surface area contributed by atoms with Crippen LogP contribution >= 0.6 is 0 Å². The Balaban J connectivity index is 1.63. The fourth-order valence-corrected chi connectivity index (χ4v) is 3.89. The van der Waals surface area contributed by atoms with Gasteiger partial charge in [0.25, 0.3) is 0 Å². The number of benzene rings is 1. The molecule has 128 valence electrons. The van der Waals surface area contributed by atoms with Crippen LogP contribution in [0.3, 0.4) is 0 Å². The van der Waals surface area contributed by atoms with Crippen molar-refractivity contribution in [2.45, 2.75) is 31.7 Å². The fourth-order valence-electron chi connectivity index (χ4n) is 2.71. The van der Waals surface area contributed by atoms with Crippen LogP contribution in [0.4, 0.5) is 0 Å². The smallest absolute Gasteiger partial charge is 0.220 e. The Hall–Kier alpha value is -1.60. The Morgan fingerprint density at radius 2 is 2.09 bits per heavy atom. The maximum atomic E-state index is 11.8. The highest BCUT2D eigenvalue weighted by atomic mass is 32.2. The van der Waals surface area contributed by atoms with Crippen LogP contribution in [0.5, 0.6) is 5.75 Å². The zero-order valence-electron chi connectivity index (χ0n) is 13.4. The molecule has 1 atom stereocenters. The molecule has 0 radical (unpaired) electrons. The average Bonchev–Trinajstić information content (AvgIpc) is 2.99. The molecule has 1 unspecified atom stereocenters. The molecule has 0 spiro atoms. The number of para-hydroxylation sites is 1. The van der Waals surface area contributed by atoms with E-state index < -0.39 is 10.0 Å². The van der Waals surface area contributed by atoms with Crippen molar-refractivity contribution in [1.29, 1.82) is 0 Å². The molecule has 1 aromatic rings. The van der Waals surface area contributed by atoms with E-state index in [9.17, 15) is 13.2 Å². The van der Waals surface area contributed by atoms with Crippen LogP contribution in [0, 0.1) is 0 Å². The second-order valence-corrected chi connectivity index (χ2v) is 7.67. The Labute approximate surface area is 137 Å². The molecule has 0 saturated carbocycles. The highest BCUT2D eigenvalue weighted by Gasteiger charge is 2.31. The normalized spacial score (nSPS) is 18.7. The van der Waals surface area contributed by atoms with Gasteiger partial charge in [0.05, 0.1) is 12.9 Å². The van der Waals surface area contributed by atoms with Crippen molar-refractivity contribution in [2.75, 3.05) is 26.0 Å². The predicted molar refractivity (Wildman–Crippen MR) is 88.8 cm³/mol. The second kappa shape index (κ2) is 8.31. The van der Waals surface area contributed by atoms with E-state index in [-0.39, 0.29) is 11.9 Å². The first-order valence-electron chi connectivity index (χ1n) is 7.88. The standard InChI is InChI=1S/C16H24N2O4S/c1-23(20,21)18-11-5-7-14(18)13-17-16(19)10-6-12-22-15-8-3-2-4-9-15/h2-4,8-9,14H,5-7,10-13H2,1H3,(H,17,19). The summed E-state index contributed by atoms with van der Waals surface area (Å²) in [6.07, 6.45) is 3.86. The molecule has 1 saturated heterocycles. The van der Waals surface area contributed by atoms with E-state index in [2.05, 4.69) is 5.32 Å². The predicted octanol–water partition coefficient (Wildman–Crippen LogP) is 1.39. The first kappa shape index (κ1) is 17.7. The molecule has 0 aliphatic carbocycles. The van der Waals surface area contributed by atoms with Gasteiger partial charge in [-0.25, -0.2) is 8.42 Å². The third-order valence-electron chi connectivity index (χ3n) is 3.84. The summed E-state index contributed by atoms with van der Waals surface area (Å²) < 4.78 is 30.3. The van der Waals surface area contributed by atoms with Crippen LogP contribution in [-0.2, 0) is 14.8 Å². The van der Waals surface area contributed by atoms with Crippen LogP contribution in [0.25, 0.3) is 0 Å². The van der Waals surface area contributed by atoms with Gasteiger partial charge in [-0.1, -0.05) is 18.2 Å². The third-order valence-corrected chi connectivity index (χ3v) is 5.18. The minimum atomic E-state index is -3.19. The monoisotopic (exact) mass is 340 g/mol. The van der Waals surface area contributed by atoms with E-state index in [1.165, 1.54) is 10.6 Å². The maximum absolute atomic E-state index is 11.8. The van der Waals surface area contributed by atoms with Crippen LogP contribution in [0.2, 0.25) is 0 Å². The Morgan fingerprint density at radius 3 is 2.78 bits per heavy atom. The molecule has 1 aromatic carbocycles. The molecule has 1 fully saturated rings. The number of hydrogen-bond donors (Lipinski definition) is 1. The summed E-state index contributed by atoms with van der Waals surface area (Å²) in [6, 6.07) is 9.35. The summed E-state index contributed by atoms with van der Waals surface area (Å²) in [5.74, 6) is 0.727. The fraction of sp³-hybridized carbons (Fsp3) is 0.562. The number of rotatable bonds is 8. The molecule has 1 heterocycles. The number of nitrogens with zero attached hydrogens (tertiary/aromatic N) is 1. The van der Waals surface area contributed by atoms with Gasteiger partial charge in [0, 0.05) is 25.6 Å². The molecule has 1 aliphatic rings. The van der Waals surface area contributed by atoms with Gasteiger partial charge >= 0.3 is 0 Å². The molecular weight excluding hydrogens is 316 g/mol. The minimum absolute atomic E-state index is 0.0676. The summed E-state index contributed by atoms with van der Waals surface area (Å²) in [5.41, 5.74) is 0. The largest absolute Gasteiger partial charge is 0.494 e. The van der Waals surface area contributed by atoms with Crippen molar-refractivity contribution in [3.05, 3.63) is 30.3 Å². The summed E-state index contributed by atoms with van der Waals surface area (Å²) in [5, 5.41) is 2.82. The molecule has 7 heteroatoms. The van der Waals surface area contributed by atoms with Crippen molar-refractivity contribution in [2.24, 2.45) is 0 Å². The van der Waals surface area contributed by atoms with Gasteiger partial charge in [-0.3, -0.25) is 4.79 Å². The third kappa shape index (κ3) is 5.84. The molecule has 1 N–H and O–H groups in total. The van der Waals surface area contributed by atoms with E-state index in [4.69, 9.17) is 4.74 Å². The number of ether oxygens (including phenoxy) is 1. The van der Waals surface area contributed by atoms with Gasteiger partial charge in [-0.2, -0.15) is 4.31 Å². The number of carbonyl (C=O) groups excluding carboxylic acids is 1. The van der Waals surface area contributed by atoms with Crippen LogP contribution < -0.4 is 10.1 Å². The summed E-state index contributed by atoms with van der Waals surface area (Å²) in [6.45, 7) is 1.41. The van der Waals surface area contributed by atoms with Gasteiger partial charge in [-0.05, 0) is 31.4 Å². The second-order valence-electron chi connectivity index (χ2n) is 5.74. The molecule has 6 nitrogen and oxygen atoms in total. The summed E-state index contributed by atoms with van der Waals surface area (Å²) in [7, 11) is -3.19. The summed E-state index contributed by atoms with van der Waals surface area (Å²) >= 11 is 0. The van der Waals surface area contributed by atoms with Crippen LogP contribution in [0.15, 0.2) is 30.3 Å². The Bertz CT molecular complexity index is 604. The van der Waals surface area contributed by atoms with Crippen molar-refractivity contribution >= 4 is 15.9 Å². The molecule has 0 bridgehead atoms. The average molecular weight is 340 g/mol. The van der Waals surface area contributed by atoms with Gasteiger partial charge in [-0.15, -0.1) is 0 Å². The first-order chi connectivity index (χ1) is 11.0. The van der Waals surface area contributed by atoms with Crippen molar-refractivity contribution < 1.29 is 17.9 Å². The molecule has 1 aliphatic heterocycles. The number of amides is 1. The maximum Gasteiger partial charge on any atom is 0.220 e. The lowest BCUT2D eigenvalue weighted by Crippen LogP contribution is -2.42. The number of carbonyl (C=O) groups is 1. The minimum Gasteiger partial charge on any atom is -0.494 e. The topological polar surface area (TPSA) is 75.7 Å². The van der Waals surface area contributed by atoms with Crippen molar-refractivity contribution in [1.82, 2.24) is 9.62 Å². The Kier molecular flexibility index (Phi) is 6.41. The van der Waals surface area contributed by atoms with Crippen molar-refractivity contribution in [3.63, 3.8) is 0 Å². The summed E-state index contributed by atoms with van der Waals surface area (Å²) in [4.78, 5) is 11.8. The van der Waals surface area contributed by atoms with Crippen molar-refractivity contribution in [3.8, 4) is 5.75 Å². The zero-order chi connectivity index (χ0) is 16.7.